The highest BCUT2D eigenvalue weighted by Crippen LogP contribution is 2.13. The Morgan fingerprint density at radius 3 is 3.00 bits per heavy atom. The lowest BCUT2D eigenvalue weighted by Crippen LogP contribution is -2.47. The van der Waals surface area contributed by atoms with E-state index in [2.05, 4.69) is 56.9 Å². The van der Waals surface area contributed by atoms with E-state index in [1.54, 1.807) is 7.11 Å². The molecule has 2 heterocycles. The van der Waals surface area contributed by atoms with E-state index in [4.69, 9.17) is 4.74 Å². The van der Waals surface area contributed by atoms with Crippen LogP contribution in [0.25, 0.3) is 0 Å². The van der Waals surface area contributed by atoms with Gasteiger partial charge in [0.1, 0.15) is 12.4 Å². The molecule has 0 radical (unpaired) electrons. The van der Waals surface area contributed by atoms with Gasteiger partial charge in [-0.15, -0.1) is 24.0 Å². The van der Waals surface area contributed by atoms with Gasteiger partial charge in [0.25, 0.3) is 0 Å². The molecule has 0 saturated carbocycles. The molecule has 0 bridgehead atoms. The van der Waals surface area contributed by atoms with Crippen LogP contribution in [-0.4, -0.2) is 47.5 Å². The Labute approximate surface area is 178 Å². The summed E-state index contributed by atoms with van der Waals surface area (Å²) in [5, 5.41) is 11.4. The second kappa shape index (κ2) is 10.6. The van der Waals surface area contributed by atoms with Gasteiger partial charge in [-0.3, -0.25) is 4.99 Å². The number of hydrogen-bond donors (Lipinski definition) is 2. The third-order valence-electron chi connectivity index (χ3n) is 4.53. The minimum atomic E-state index is 0. The quantitative estimate of drug-likeness (QED) is 0.373. The number of nitrogens with zero attached hydrogens (tertiary/aromatic N) is 4. The molecule has 2 aromatic rings. The fraction of sp³-hybridized carbons (Fsp3) is 0.526. The molecule has 148 valence electrons. The third kappa shape index (κ3) is 6.17. The number of guanidine groups is 1. The predicted molar refractivity (Wildman–Crippen MR) is 118 cm³/mol. The van der Waals surface area contributed by atoms with Crippen LogP contribution in [0.3, 0.4) is 0 Å². The lowest BCUT2D eigenvalue weighted by atomic mass is 10.1. The number of aryl methyl sites for hydroxylation is 2. The monoisotopic (exact) mass is 484 g/mol. The first kappa shape index (κ1) is 21.6. The minimum absolute atomic E-state index is 0. The van der Waals surface area contributed by atoms with Crippen LogP contribution in [0.15, 0.2) is 29.3 Å². The van der Waals surface area contributed by atoms with Crippen molar-refractivity contribution in [3.63, 3.8) is 0 Å². The zero-order valence-corrected chi connectivity index (χ0v) is 18.6. The van der Waals surface area contributed by atoms with Crippen LogP contribution >= 0.6 is 24.0 Å². The average Bonchev–Trinajstić information content (AvgIpc) is 3.03. The van der Waals surface area contributed by atoms with Crippen LogP contribution in [0.5, 0.6) is 0 Å². The number of aromatic nitrogens is 3. The smallest absolute Gasteiger partial charge is 0.191 e. The number of fused-ring (bicyclic) bond motifs is 1. The van der Waals surface area contributed by atoms with Crippen LogP contribution in [0, 0.1) is 6.92 Å². The molecule has 0 aliphatic carbocycles. The summed E-state index contributed by atoms with van der Waals surface area (Å²) in [6.45, 7) is 4.23. The van der Waals surface area contributed by atoms with Crippen LogP contribution in [0.2, 0.25) is 0 Å². The predicted octanol–water partition coefficient (Wildman–Crippen LogP) is 2.07. The van der Waals surface area contributed by atoms with Crippen molar-refractivity contribution in [1.82, 2.24) is 25.4 Å². The molecule has 1 atom stereocenters. The number of hydrogen-bond acceptors (Lipinski definition) is 4. The number of halogens is 1. The lowest BCUT2D eigenvalue weighted by Gasteiger charge is -2.25. The van der Waals surface area contributed by atoms with Crippen LogP contribution < -0.4 is 10.6 Å². The summed E-state index contributed by atoms with van der Waals surface area (Å²) in [5.41, 5.74) is 2.63. The molecular formula is C19H29IN6O. The van der Waals surface area contributed by atoms with Gasteiger partial charge in [-0.2, -0.15) is 5.10 Å². The number of rotatable bonds is 6. The molecule has 1 aromatic carbocycles. The Morgan fingerprint density at radius 1 is 1.41 bits per heavy atom. The Bertz CT molecular complexity index is 760. The zero-order chi connectivity index (χ0) is 18.4. The van der Waals surface area contributed by atoms with Crippen LogP contribution in [-0.2, 0) is 30.7 Å². The lowest BCUT2D eigenvalue weighted by molar-refractivity contribution is 0.177. The SMILES string of the molecule is CN=C(NCCc1cccc(C)c1)NC1CCc2nc(COC)nn2C1.I. The standard InChI is InChI=1S/C19H28N6O.HI/c1-14-5-4-6-15(11-14)9-10-21-19(20-2)22-16-7-8-18-23-17(13-26-3)24-25(18)12-16;/h4-6,11,16H,7-10,12-13H2,1-3H3,(H2,20,21,22);1H. The van der Waals surface area contributed by atoms with Gasteiger partial charge in [-0.05, 0) is 25.3 Å². The van der Waals surface area contributed by atoms with Gasteiger partial charge in [0.2, 0.25) is 0 Å². The Kier molecular flexibility index (Phi) is 8.49. The first-order valence-corrected chi connectivity index (χ1v) is 9.12. The van der Waals surface area contributed by atoms with E-state index in [0.717, 1.165) is 50.0 Å². The normalized spacial score (nSPS) is 16.4. The van der Waals surface area contributed by atoms with Crippen molar-refractivity contribution in [3.8, 4) is 0 Å². The summed E-state index contributed by atoms with van der Waals surface area (Å²) >= 11 is 0. The topological polar surface area (TPSA) is 76.4 Å². The fourth-order valence-corrected chi connectivity index (χ4v) is 3.25. The zero-order valence-electron chi connectivity index (χ0n) is 16.2. The molecule has 27 heavy (non-hydrogen) atoms. The van der Waals surface area contributed by atoms with Gasteiger partial charge >= 0.3 is 0 Å². The maximum Gasteiger partial charge on any atom is 0.191 e. The number of ether oxygens (including phenoxy) is 1. The highest BCUT2D eigenvalue weighted by Gasteiger charge is 2.22. The molecule has 7 nitrogen and oxygen atoms in total. The van der Waals surface area contributed by atoms with E-state index in [9.17, 15) is 0 Å². The average molecular weight is 484 g/mol. The Hall–Kier alpha value is -1.68. The summed E-state index contributed by atoms with van der Waals surface area (Å²) in [4.78, 5) is 8.87. The van der Waals surface area contributed by atoms with Crippen molar-refractivity contribution in [2.75, 3.05) is 20.7 Å². The van der Waals surface area contributed by atoms with Crippen LogP contribution in [0.4, 0.5) is 0 Å². The van der Waals surface area contributed by atoms with E-state index >= 15 is 0 Å². The summed E-state index contributed by atoms with van der Waals surface area (Å²) in [6.07, 6.45) is 2.90. The molecule has 0 fully saturated rings. The first-order chi connectivity index (χ1) is 12.7. The van der Waals surface area contributed by atoms with E-state index < -0.39 is 0 Å². The van der Waals surface area contributed by atoms with Gasteiger partial charge in [-0.1, -0.05) is 29.8 Å². The van der Waals surface area contributed by atoms with Gasteiger partial charge in [0.05, 0.1) is 6.54 Å². The molecule has 1 unspecified atom stereocenters. The van der Waals surface area contributed by atoms with Crippen molar-refractivity contribution in [2.45, 2.75) is 45.4 Å². The summed E-state index contributed by atoms with van der Waals surface area (Å²) in [7, 11) is 3.47. The number of nitrogens with one attached hydrogen (secondary N) is 2. The molecular weight excluding hydrogens is 455 g/mol. The molecule has 1 aliphatic rings. The first-order valence-electron chi connectivity index (χ1n) is 9.12. The molecule has 2 N–H and O–H groups in total. The summed E-state index contributed by atoms with van der Waals surface area (Å²) in [5.74, 6) is 2.63. The van der Waals surface area contributed by atoms with E-state index in [0.29, 0.717) is 12.6 Å². The molecule has 1 aromatic heterocycles. The highest BCUT2D eigenvalue weighted by molar-refractivity contribution is 14.0. The Balaban J connectivity index is 0.00000261. The largest absolute Gasteiger partial charge is 0.377 e. The molecule has 0 spiro atoms. The molecule has 0 saturated heterocycles. The molecule has 1 aliphatic heterocycles. The van der Waals surface area contributed by atoms with E-state index in [-0.39, 0.29) is 24.0 Å². The summed E-state index contributed by atoms with van der Waals surface area (Å²) < 4.78 is 7.10. The van der Waals surface area contributed by atoms with Gasteiger partial charge < -0.3 is 15.4 Å². The molecule has 0 amide bonds. The highest BCUT2D eigenvalue weighted by atomic mass is 127. The van der Waals surface area contributed by atoms with E-state index in [1.807, 2.05) is 11.7 Å². The second-order valence-corrected chi connectivity index (χ2v) is 6.68. The number of benzene rings is 1. The van der Waals surface area contributed by atoms with Crippen molar-refractivity contribution in [2.24, 2.45) is 4.99 Å². The number of methoxy groups -OCH3 is 1. The Morgan fingerprint density at radius 2 is 2.26 bits per heavy atom. The van der Waals surface area contributed by atoms with Gasteiger partial charge in [-0.25, -0.2) is 9.67 Å². The van der Waals surface area contributed by atoms with E-state index in [1.165, 1.54) is 11.1 Å². The van der Waals surface area contributed by atoms with Crippen molar-refractivity contribution >= 4 is 29.9 Å². The fourth-order valence-electron chi connectivity index (χ4n) is 3.25. The van der Waals surface area contributed by atoms with Gasteiger partial charge in [0.15, 0.2) is 11.8 Å². The second-order valence-electron chi connectivity index (χ2n) is 6.68. The van der Waals surface area contributed by atoms with Gasteiger partial charge in [0, 0.05) is 33.2 Å². The maximum atomic E-state index is 5.12. The molecule has 3 rings (SSSR count). The van der Waals surface area contributed by atoms with Crippen molar-refractivity contribution < 1.29 is 4.74 Å². The maximum absolute atomic E-state index is 5.12. The number of aliphatic imine (C=N–C) groups is 1. The minimum Gasteiger partial charge on any atom is -0.377 e. The van der Waals surface area contributed by atoms with Crippen molar-refractivity contribution in [1.29, 1.82) is 0 Å². The van der Waals surface area contributed by atoms with Crippen molar-refractivity contribution in [3.05, 3.63) is 47.0 Å². The summed E-state index contributed by atoms with van der Waals surface area (Å²) in [6, 6.07) is 8.91. The molecule has 8 heteroatoms. The van der Waals surface area contributed by atoms with Crippen LogP contribution in [0.1, 0.15) is 29.2 Å². The third-order valence-corrected chi connectivity index (χ3v) is 4.53.